The third kappa shape index (κ3) is 3.91. The van der Waals surface area contributed by atoms with E-state index in [4.69, 9.17) is 0 Å². The first-order valence-electron chi connectivity index (χ1n) is 7.31. The first kappa shape index (κ1) is 17.5. The predicted octanol–water partition coefficient (Wildman–Crippen LogP) is -0.895. The molecule has 1 fully saturated rings. The molecule has 1 aromatic rings. The molecule has 1 N–H and O–H groups in total. The van der Waals surface area contributed by atoms with Gasteiger partial charge in [0.2, 0.25) is 15.9 Å². The number of aryl methyl sites for hydroxylation is 1. The van der Waals surface area contributed by atoms with Crippen molar-refractivity contribution in [1.82, 2.24) is 19.1 Å². The van der Waals surface area contributed by atoms with Crippen LogP contribution < -0.4 is 5.32 Å². The minimum absolute atomic E-state index is 0.0788. The highest BCUT2D eigenvalue weighted by atomic mass is 32.2. The summed E-state index contributed by atoms with van der Waals surface area (Å²) in [6, 6.07) is 3.47. The summed E-state index contributed by atoms with van der Waals surface area (Å²) in [6.07, 6.45) is 2.88. The number of amides is 2. The molecule has 0 unspecified atom stereocenters. The quantitative estimate of drug-likeness (QED) is 0.771. The minimum atomic E-state index is -3.42. The number of sulfonamides is 1. The Balaban J connectivity index is 2.27. The first-order valence-corrected chi connectivity index (χ1v) is 9.16. The van der Waals surface area contributed by atoms with Gasteiger partial charge in [-0.3, -0.25) is 9.59 Å². The molecule has 1 saturated heterocycles. The summed E-state index contributed by atoms with van der Waals surface area (Å²) in [4.78, 5) is 26.2. The van der Waals surface area contributed by atoms with Gasteiger partial charge in [0.05, 0.1) is 12.2 Å². The van der Waals surface area contributed by atoms with Crippen molar-refractivity contribution in [2.24, 2.45) is 13.0 Å². The summed E-state index contributed by atoms with van der Waals surface area (Å²) in [5.74, 6) is -1.08. The van der Waals surface area contributed by atoms with Crippen LogP contribution in [0.5, 0.6) is 0 Å². The molecule has 9 heteroatoms. The van der Waals surface area contributed by atoms with E-state index in [1.165, 1.54) is 11.4 Å². The summed E-state index contributed by atoms with van der Waals surface area (Å²) >= 11 is 0. The van der Waals surface area contributed by atoms with Crippen molar-refractivity contribution in [3.63, 3.8) is 0 Å². The molecular formula is C14H22N4O4S. The van der Waals surface area contributed by atoms with Crippen LogP contribution in [0.4, 0.5) is 0 Å². The molecule has 2 amide bonds. The second-order valence-electron chi connectivity index (χ2n) is 5.69. The summed E-state index contributed by atoms with van der Waals surface area (Å²) in [6.45, 7) is 0.707. The van der Waals surface area contributed by atoms with Gasteiger partial charge >= 0.3 is 0 Å². The number of nitrogens with one attached hydrogen (secondary N) is 1. The van der Waals surface area contributed by atoms with Gasteiger partial charge in [-0.05, 0) is 12.1 Å². The molecule has 2 rings (SSSR count). The van der Waals surface area contributed by atoms with Crippen molar-refractivity contribution in [1.29, 1.82) is 0 Å². The average Bonchev–Trinajstić information content (AvgIpc) is 2.78. The van der Waals surface area contributed by atoms with Crippen LogP contribution in [0.3, 0.4) is 0 Å². The molecule has 1 aliphatic rings. The van der Waals surface area contributed by atoms with Gasteiger partial charge in [0.15, 0.2) is 0 Å². The zero-order valence-corrected chi connectivity index (χ0v) is 14.3. The zero-order valence-electron chi connectivity index (χ0n) is 13.5. The molecule has 128 valence electrons. The van der Waals surface area contributed by atoms with E-state index in [9.17, 15) is 18.0 Å². The van der Waals surface area contributed by atoms with E-state index in [2.05, 4.69) is 5.32 Å². The maximum atomic E-state index is 12.7. The summed E-state index contributed by atoms with van der Waals surface area (Å²) in [7, 11) is -0.155. The lowest BCUT2D eigenvalue weighted by Gasteiger charge is -2.23. The predicted molar refractivity (Wildman–Crippen MR) is 85.3 cm³/mol. The fourth-order valence-corrected chi connectivity index (χ4v) is 3.55. The lowest BCUT2D eigenvalue weighted by Crippen LogP contribution is -2.42. The third-order valence-corrected chi connectivity index (χ3v) is 5.29. The minimum Gasteiger partial charge on any atom is -0.359 e. The Hall–Kier alpha value is -1.87. The Morgan fingerprint density at radius 2 is 1.96 bits per heavy atom. The van der Waals surface area contributed by atoms with Crippen molar-refractivity contribution in [3.8, 4) is 0 Å². The van der Waals surface area contributed by atoms with Crippen molar-refractivity contribution in [2.45, 2.75) is 0 Å². The highest BCUT2D eigenvalue weighted by molar-refractivity contribution is 7.88. The normalized spacial score (nSPS) is 20.1. The van der Waals surface area contributed by atoms with Crippen LogP contribution in [-0.2, 0) is 21.9 Å². The van der Waals surface area contributed by atoms with Crippen molar-refractivity contribution in [3.05, 3.63) is 24.0 Å². The molecule has 1 atom stereocenters. The molecule has 0 spiro atoms. The van der Waals surface area contributed by atoms with Crippen molar-refractivity contribution >= 4 is 21.8 Å². The molecule has 1 aliphatic heterocycles. The molecule has 0 aliphatic carbocycles. The Kier molecular flexibility index (Phi) is 5.10. The number of hydrogen-bond donors (Lipinski definition) is 1. The van der Waals surface area contributed by atoms with Gasteiger partial charge in [0.25, 0.3) is 5.91 Å². The maximum absolute atomic E-state index is 12.7. The molecule has 0 aromatic carbocycles. The van der Waals surface area contributed by atoms with E-state index < -0.39 is 15.9 Å². The number of carbonyl (C=O) groups excluding carboxylic acids is 2. The Labute approximate surface area is 136 Å². The topological polar surface area (TPSA) is 91.7 Å². The van der Waals surface area contributed by atoms with E-state index in [0.29, 0.717) is 5.69 Å². The largest absolute Gasteiger partial charge is 0.359 e. The smallest absolute Gasteiger partial charge is 0.270 e. The molecule has 1 aromatic heterocycles. The van der Waals surface area contributed by atoms with Gasteiger partial charge in [-0.25, -0.2) is 8.42 Å². The van der Waals surface area contributed by atoms with Crippen LogP contribution in [0.25, 0.3) is 0 Å². The molecule has 0 radical (unpaired) electrons. The second kappa shape index (κ2) is 6.71. The average molecular weight is 342 g/mol. The molecule has 23 heavy (non-hydrogen) atoms. The van der Waals surface area contributed by atoms with Gasteiger partial charge in [0.1, 0.15) is 5.69 Å². The van der Waals surface area contributed by atoms with E-state index >= 15 is 0 Å². The Bertz CT molecular complexity index is 697. The lowest BCUT2D eigenvalue weighted by molar-refractivity contribution is -0.124. The van der Waals surface area contributed by atoms with E-state index in [1.807, 2.05) is 0 Å². The second-order valence-corrected chi connectivity index (χ2v) is 7.67. The van der Waals surface area contributed by atoms with Crippen LogP contribution in [0.2, 0.25) is 0 Å². The fraction of sp³-hybridized carbons (Fsp3) is 0.571. The van der Waals surface area contributed by atoms with Gasteiger partial charge < -0.3 is 14.8 Å². The number of nitrogens with zero attached hydrogens (tertiary/aromatic N) is 3. The van der Waals surface area contributed by atoms with E-state index in [0.717, 1.165) is 6.26 Å². The van der Waals surface area contributed by atoms with Crippen LogP contribution in [0, 0.1) is 5.92 Å². The van der Waals surface area contributed by atoms with Crippen LogP contribution in [0.1, 0.15) is 10.5 Å². The summed E-state index contributed by atoms with van der Waals surface area (Å²) in [5, 5.41) is 2.54. The monoisotopic (exact) mass is 342 g/mol. The molecule has 2 heterocycles. The Morgan fingerprint density at radius 1 is 1.26 bits per heavy atom. The van der Waals surface area contributed by atoms with Gasteiger partial charge in [-0.1, -0.05) is 0 Å². The number of carbonyl (C=O) groups is 2. The van der Waals surface area contributed by atoms with E-state index in [-0.39, 0.29) is 38.0 Å². The van der Waals surface area contributed by atoms with Gasteiger partial charge in [-0.15, -0.1) is 0 Å². The summed E-state index contributed by atoms with van der Waals surface area (Å²) < 4.78 is 26.6. The van der Waals surface area contributed by atoms with Gasteiger partial charge in [0, 0.05) is 46.5 Å². The van der Waals surface area contributed by atoms with Crippen molar-refractivity contribution < 1.29 is 18.0 Å². The fourth-order valence-electron chi connectivity index (χ4n) is 2.69. The Morgan fingerprint density at radius 3 is 2.48 bits per heavy atom. The van der Waals surface area contributed by atoms with Gasteiger partial charge in [-0.2, -0.15) is 4.31 Å². The van der Waals surface area contributed by atoms with Crippen LogP contribution in [-0.4, -0.2) is 73.5 Å². The molecule has 0 bridgehead atoms. The third-order valence-electron chi connectivity index (χ3n) is 4.02. The number of rotatable bonds is 3. The maximum Gasteiger partial charge on any atom is 0.270 e. The molecule has 0 saturated carbocycles. The van der Waals surface area contributed by atoms with Crippen molar-refractivity contribution in [2.75, 3.05) is 39.5 Å². The standard InChI is InChI=1S/C14H22N4O4S/c1-15-13(19)11-9-17(7-8-18(10-11)23(3,21)22)14(20)12-5-4-6-16(12)2/h4-6,11H,7-10H2,1-3H3,(H,15,19)/t11-/m1/s1. The zero-order chi connectivity index (χ0) is 17.2. The highest BCUT2D eigenvalue weighted by Crippen LogP contribution is 2.15. The molecule has 8 nitrogen and oxygen atoms in total. The number of hydrogen-bond acceptors (Lipinski definition) is 4. The van der Waals surface area contributed by atoms with Crippen LogP contribution >= 0.6 is 0 Å². The highest BCUT2D eigenvalue weighted by Gasteiger charge is 2.33. The summed E-state index contributed by atoms with van der Waals surface area (Å²) in [5.41, 5.74) is 0.508. The SMILES string of the molecule is CNC(=O)[C@@H]1CN(C(=O)c2cccn2C)CCN(S(C)(=O)=O)C1. The lowest BCUT2D eigenvalue weighted by atomic mass is 10.1. The first-order chi connectivity index (χ1) is 10.7. The molecular weight excluding hydrogens is 320 g/mol. The van der Waals surface area contributed by atoms with Crippen LogP contribution in [0.15, 0.2) is 18.3 Å². The number of aromatic nitrogens is 1. The van der Waals surface area contributed by atoms with E-state index in [1.54, 1.807) is 34.8 Å².